The lowest BCUT2D eigenvalue weighted by atomic mass is 9.85. The van der Waals surface area contributed by atoms with Gasteiger partial charge in [-0.3, -0.25) is 14.4 Å². The molecule has 0 aromatic rings. The summed E-state index contributed by atoms with van der Waals surface area (Å²) in [5.74, 6) is -4.51. The fourth-order valence-corrected chi connectivity index (χ4v) is 4.84. The highest BCUT2D eigenvalue weighted by molar-refractivity contribution is 6.50. The average molecular weight is 577 g/mol. The number of hydrogen-bond donors (Lipinski definition) is 4. The first-order valence-electron chi connectivity index (χ1n) is 13.1. The summed E-state index contributed by atoms with van der Waals surface area (Å²) in [6.07, 6.45) is 2.06. The molecule has 12 nitrogen and oxygen atoms in total. The first kappa shape index (κ1) is 33.5. The highest BCUT2D eigenvalue weighted by Crippen LogP contribution is 2.32. The fraction of sp³-hybridized carbons (Fsp3) is 0.517. The van der Waals surface area contributed by atoms with E-state index >= 15 is 0 Å². The van der Waals surface area contributed by atoms with Crippen LogP contribution in [0.25, 0.3) is 0 Å². The van der Waals surface area contributed by atoms with Gasteiger partial charge in [0, 0.05) is 31.3 Å². The monoisotopic (exact) mass is 576 g/mol. The summed E-state index contributed by atoms with van der Waals surface area (Å²) in [6.45, 7) is 6.76. The number of nitrogens with two attached hydrogens (primary N) is 1. The molecule has 0 saturated carbocycles. The van der Waals surface area contributed by atoms with Crippen LogP contribution in [-0.2, 0) is 33.3 Å². The lowest BCUT2D eigenvalue weighted by Crippen LogP contribution is -2.38. The number of ketones is 2. The average Bonchev–Trinajstić information content (AvgIpc) is 2.92. The number of amides is 2. The van der Waals surface area contributed by atoms with E-state index in [1.807, 2.05) is 6.92 Å². The van der Waals surface area contributed by atoms with Gasteiger partial charge in [0.2, 0.25) is 0 Å². The highest BCUT2D eigenvalue weighted by atomic mass is 16.6. The Kier molecular flexibility index (Phi) is 12.1. The number of aliphatic hydroxyl groups excluding tert-OH is 2. The molecule has 5 N–H and O–H groups in total. The van der Waals surface area contributed by atoms with E-state index in [2.05, 4.69) is 5.32 Å². The maximum Gasteiger partial charge on any atom is 0.405 e. The molecule has 0 saturated heterocycles. The Bertz CT molecular complexity index is 1200. The maximum atomic E-state index is 12.9. The first-order valence-corrected chi connectivity index (χ1v) is 13.1. The van der Waals surface area contributed by atoms with E-state index in [1.165, 1.54) is 46.5 Å². The van der Waals surface area contributed by atoms with Crippen LogP contribution in [0.1, 0.15) is 40.5 Å². The normalized spacial score (nSPS) is 32.4. The molecule has 0 fully saturated rings. The minimum absolute atomic E-state index is 0.0573. The SMILES string of the molecule is COC1=C2C[C@H](C)C[C@H](OC)[C@H](O)[C@H](C)/C=C(\C)[C@@H](OC(N)=O)[C@@H](OC)/C=C/C=C(\C)C(=O)NC(=C2O)C(=O)C1=O. The van der Waals surface area contributed by atoms with Crippen molar-refractivity contribution < 1.29 is 48.3 Å². The molecule has 0 aromatic heterocycles. The molecule has 2 bridgehead atoms. The summed E-state index contributed by atoms with van der Waals surface area (Å²) in [5.41, 5.74) is 5.50. The lowest BCUT2D eigenvalue weighted by molar-refractivity contribution is -0.135. The van der Waals surface area contributed by atoms with Gasteiger partial charge >= 0.3 is 6.09 Å². The second kappa shape index (κ2) is 14.8. The molecule has 41 heavy (non-hydrogen) atoms. The third-order valence-electron chi connectivity index (χ3n) is 7.08. The largest absolute Gasteiger partial charge is 0.505 e. The van der Waals surface area contributed by atoms with Crippen molar-refractivity contribution in [2.24, 2.45) is 17.6 Å². The Morgan fingerprint density at radius 3 is 2.29 bits per heavy atom. The molecule has 0 spiro atoms. The quantitative estimate of drug-likeness (QED) is 0.220. The van der Waals surface area contributed by atoms with Crippen molar-refractivity contribution in [2.75, 3.05) is 21.3 Å². The number of fused-ring (bicyclic) bond motifs is 1. The summed E-state index contributed by atoms with van der Waals surface area (Å²) in [6, 6.07) is 0. The molecular formula is C29H40N2O10. The van der Waals surface area contributed by atoms with Crippen LogP contribution in [-0.4, -0.2) is 79.5 Å². The maximum absolute atomic E-state index is 12.9. The van der Waals surface area contributed by atoms with E-state index in [-0.39, 0.29) is 29.2 Å². The zero-order valence-electron chi connectivity index (χ0n) is 24.4. The van der Waals surface area contributed by atoms with Gasteiger partial charge in [-0.25, -0.2) is 4.79 Å². The lowest BCUT2D eigenvalue weighted by Gasteiger charge is -2.30. The minimum atomic E-state index is -1.12. The topological polar surface area (TPSA) is 184 Å². The number of primary amides is 1. The van der Waals surface area contributed by atoms with Crippen LogP contribution in [0.4, 0.5) is 4.79 Å². The number of carbonyl (C=O) groups is 4. The summed E-state index contributed by atoms with van der Waals surface area (Å²) < 4.78 is 21.6. The molecule has 2 amide bonds. The molecule has 0 radical (unpaired) electrons. The van der Waals surface area contributed by atoms with Crippen LogP contribution < -0.4 is 11.1 Å². The van der Waals surface area contributed by atoms with Crippen molar-refractivity contribution in [3.63, 3.8) is 0 Å². The second-order valence-electron chi connectivity index (χ2n) is 10.2. The molecule has 226 valence electrons. The number of ether oxygens (including phenoxy) is 4. The minimum Gasteiger partial charge on any atom is -0.505 e. The standard InChI is InChI=1S/C29H40N2O10/c1-14-11-18-23(33)21(24(34)25(35)27(18)40-7)31-28(36)15(2)9-8-10-19(38-5)26(41-29(30)37)17(4)13-16(3)22(32)20(12-14)39-6/h8-10,13-14,16,19-20,22,26,32-33H,11-12H2,1-7H3,(H2,30,37)(H,31,36)/b10-8+,15-9+,17-13+/t14-,16+,19-,20-,22+,26+/m0/s1. The highest BCUT2D eigenvalue weighted by Gasteiger charge is 2.38. The van der Waals surface area contributed by atoms with Gasteiger partial charge in [-0.05, 0) is 38.2 Å². The van der Waals surface area contributed by atoms with Gasteiger partial charge in [0.1, 0.15) is 17.6 Å². The predicted molar refractivity (Wildman–Crippen MR) is 148 cm³/mol. The van der Waals surface area contributed by atoms with Crippen LogP contribution in [0.3, 0.4) is 0 Å². The molecule has 12 heteroatoms. The predicted octanol–water partition coefficient (Wildman–Crippen LogP) is 2.29. The Labute approximate surface area is 239 Å². The van der Waals surface area contributed by atoms with Crippen LogP contribution >= 0.6 is 0 Å². The Balaban J connectivity index is 2.67. The molecule has 0 unspecified atom stereocenters. The molecule has 1 aliphatic heterocycles. The number of allylic oxidation sites excluding steroid dienone is 5. The first-order chi connectivity index (χ1) is 19.3. The number of carbonyl (C=O) groups excluding carboxylic acids is 4. The summed E-state index contributed by atoms with van der Waals surface area (Å²) in [4.78, 5) is 50.2. The third-order valence-corrected chi connectivity index (χ3v) is 7.08. The third kappa shape index (κ3) is 8.15. The summed E-state index contributed by atoms with van der Waals surface area (Å²) in [5, 5.41) is 24.5. The molecule has 1 heterocycles. The fourth-order valence-electron chi connectivity index (χ4n) is 4.84. The van der Waals surface area contributed by atoms with Crippen molar-refractivity contribution in [3.05, 3.63) is 58.2 Å². The number of aliphatic hydroxyl groups is 2. The van der Waals surface area contributed by atoms with E-state index in [0.717, 1.165) is 0 Å². The van der Waals surface area contributed by atoms with Gasteiger partial charge in [-0.2, -0.15) is 0 Å². The van der Waals surface area contributed by atoms with Crippen LogP contribution in [0, 0.1) is 11.8 Å². The summed E-state index contributed by atoms with van der Waals surface area (Å²) in [7, 11) is 4.07. The van der Waals surface area contributed by atoms with Gasteiger partial charge in [0.15, 0.2) is 11.9 Å². The van der Waals surface area contributed by atoms with Crippen LogP contribution in [0.2, 0.25) is 0 Å². The van der Waals surface area contributed by atoms with Crippen molar-refractivity contribution in [1.82, 2.24) is 5.32 Å². The number of rotatable bonds is 4. The second-order valence-corrected chi connectivity index (χ2v) is 10.2. The Hall–Kier alpha value is -3.74. The number of nitrogens with one attached hydrogen (secondary N) is 1. The summed E-state index contributed by atoms with van der Waals surface area (Å²) >= 11 is 0. The van der Waals surface area contributed by atoms with Crippen LogP contribution in [0.5, 0.6) is 0 Å². The van der Waals surface area contributed by atoms with Crippen molar-refractivity contribution in [2.45, 2.75) is 65.0 Å². The Morgan fingerprint density at radius 2 is 1.73 bits per heavy atom. The zero-order chi connectivity index (χ0) is 31.0. The van der Waals surface area contributed by atoms with E-state index in [1.54, 1.807) is 19.9 Å². The van der Waals surface area contributed by atoms with Gasteiger partial charge < -0.3 is 40.2 Å². The van der Waals surface area contributed by atoms with Gasteiger partial charge in [0.05, 0.1) is 19.3 Å². The smallest absolute Gasteiger partial charge is 0.405 e. The number of Topliss-reactive ketones (excluding diaryl/α,β-unsaturated/α-hetero) is 2. The zero-order valence-corrected chi connectivity index (χ0v) is 24.4. The molecule has 6 atom stereocenters. The molecule has 2 rings (SSSR count). The van der Waals surface area contributed by atoms with Crippen molar-refractivity contribution in [3.8, 4) is 0 Å². The van der Waals surface area contributed by atoms with E-state index in [9.17, 15) is 29.4 Å². The Morgan fingerprint density at radius 1 is 1.07 bits per heavy atom. The van der Waals surface area contributed by atoms with E-state index < -0.39 is 65.4 Å². The van der Waals surface area contributed by atoms with E-state index in [4.69, 9.17) is 24.7 Å². The number of methoxy groups -OCH3 is 3. The van der Waals surface area contributed by atoms with Crippen molar-refractivity contribution in [1.29, 1.82) is 0 Å². The van der Waals surface area contributed by atoms with Gasteiger partial charge in [-0.15, -0.1) is 0 Å². The van der Waals surface area contributed by atoms with Gasteiger partial charge in [-0.1, -0.05) is 38.2 Å². The molecule has 1 aliphatic carbocycles. The van der Waals surface area contributed by atoms with Crippen LogP contribution in [0.15, 0.2) is 58.2 Å². The molecule has 2 aliphatic rings. The molecular weight excluding hydrogens is 536 g/mol. The number of hydrogen-bond acceptors (Lipinski definition) is 10. The van der Waals surface area contributed by atoms with E-state index in [0.29, 0.717) is 12.0 Å². The molecule has 0 aromatic carbocycles. The van der Waals surface area contributed by atoms with Crippen molar-refractivity contribution >= 4 is 23.6 Å². The van der Waals surface area contributed by atoms with Gasteiger partial charge in [0.25, 0.3) is 17.5 Å².